The Morgan fingerprint density at radius 3 is 2.71 bits per heavy atom. The van der Waals surface area contributed by atoms with Crippen molar-refractivity contribution in [2.45, 2.75) is 25.9 Å². The third-order valence-electron chi connectivity index (χ3n) is 7.35. The highest BCUT2D eigenvalue weighted by Gasteiger charge is 2.24. The first kappa shape index (κ1) is 30.2. The number of nitrogens with one attached hydrogen (secondary N) is 1. The fourth-order valence-electron chi connectivity index (χ4n) is 4.89. The van der Waals surface area contributed by atoms with Crippen LogP contribution >= 0.6 is 22.9 Å². The van der Waals surface area contributed by atoms with Crippen molar-refractivity contribution in [2.75, 3.05) is 25.5 Å². The number of piperidine rings is 1. The largest absolute Gasteiger partial charge is 0.493 e. The molecule has 0 radical (unpaired) electrons. The van der Waals surface area contributed by atoms with Gasteiger partial charge in [-0.3, -0.25) is 9.78 Å². The van der Waals surface area contributed by atoms with E-state index in [1.165, 1.54) is 29.8 Å². The number of benzene rings is 2. The highest BCUT2D eigenvalue weighted by molar-refractivity contribution is 7.11. The van der Waals surface area contributed by atoms with Crippen LogP contribution in [0.25, 0.3) is 22.2 Å². The van der Waals surface area contributed by atoms with Gasteiger partial charge in [-0.1, -0.05) is 29.5 Å². The maximum atomic E-state index is 15.3. The number of carbonyl (C=O) groups excluding carboxylic acids is 1. The summed E-state index contributed by atoms with van der Waals surface area (Å²) in [7, 11) is 1.56. The average molecular weight is 647 g/mol. The van der Waals surface area contributed by atoms with Crippen LogP contribution in [0.15, 0.2) is 67.0 Å². The van der Waals surface area contributed by atoms with E-state index in [9.17, 15) is 4.79 Å². The Morgan fingerprint density at radius 1 is 1.16 bits per heavy atom. The van der Waals surface area contributed by atoms with Crippen LogP contribution in [0.2, 0.25) is 5.02 Å². The average Bonchev–Trinajstić information content (AvgIpc) is 3.52. The van der Waals surface area contributed by atoms with Gasteiger partial charge in [-0.25, -0.2) is 19.3 Å². The lowest BCUT2D eigenvalue weighted by Gasteiger charge is -2.31. The van der Waals surface area contributed by atoms with E-state index in [2.05, 4.69) is 31.8 Å². The van der Waals surface area contributed by atoms with Gasteiger partial charge in [0.25, 0.3) is 5.19 Å². The van der Waals surface area contributed by atoms with Crippen LogP contribution in [0.5, 0.6) is 22.4 Å². The molecule has 6 rings (SSSR count). The van der Waals surface area contributed by atoms with Gasteiger partial charge in [-0.05, 0) is 37.3 Å². The van der Waals surface area contributed by atoms with Gasteiger partial charge in [0.05, 0.1) is 34.7 Å². The summed E-state index contributed by atoms with van der Waals surface area (Å²) in [5.41, 5.74) is 2.94. The van der Waals surface area contributed by atoms with Crippen molar-refractivity contribution in [3.05, 3.63) is 83.5 Å². The molecule has 10 nitrogen and oxygen atoms in total. The number of hydrogen-bond acceptors (Lipinski definition) is 10. The Balaban J connectivity index is 1.18. The molecule has 1 aliphatic heterocycles. The summed E-state index contributed by atoms with van der Waals surface area (Å²) in [5, 5.41) is 6.41. The van der Waals surface area contributed by atoms with E-state index in [1.54, 1.807) is 48.5 Å². The second-order valence-corrected chi connectivity index (χ2v) is 11.5. The third-order valence-corrected chi connectivity index (χ3v) is 8.45. The Kier molecular flexibility index (Phi) is 8.76. The number of halogens is 2. The normalized spacial score (nSPS) is 13.5. The quantitative estimate of drug-likeness (QED) is 0.164. The van der Waals surface area contributed by atoms with Crippen LogP contribution in [0, 0.1) is 12.7 Å². The number of anilines is 2. The van der Waals surface area contributed by atoms with Crippen LogP contribution in [0.1, 0.15) is 18.5 Å². The molecule has 0 saturated carbocycles. The summed E-state index contributed by atoms with van der Waals surface area (Å²) in [6.07, 6.45) is 5.62. The molecule has 5 aromatic rings. The van der Waals surface area contributed by atoms with E-state index >= 15 is 4.39 Å². The summed E-state index contributed by atoms with van der Waals surface area (Å²) < 4.78 is 33.0. The predicted molar refractivity (Wildman–Crippen MR) is 171 cm³/mol. The van der Waals surface area contributed by atoms with E-state index in [-0.39, 0.29) is 23.4 Å². The van der Waals surface area contributed by atoms with E-state index < -0.39 is 5.82 Å². The van der Waals surface area contributed by atoms with E-state index in [1.807, 2.05) is 12.3 Å². The number of nitrogens with zero attached hydrogens (tertiary/aromatic N) is 5. The molecule has 1 fully saturated rings. The molecular weight excluding hydrogens is 619 g/mol. The monoisotopic (exact) mass is 646 g/mol. The van der Waals surface area contributed by atoms with Crippen LogP contribution < -0.4 is 19.5 Å². The van der Waals surface area contributed by atoms with Crippen LogP contribution in [0.4, 0.5) is 15.9 Å². The molecule has 1 saturated heterocycles. The molecule has 0 atom stereocenters. The lowest BCUT2D eigenvalue weighted by Crippen LogP contribution is -2.41. The SMILES string of the molecule is C=CC(=O)N1CCC(Oc2cc3c(Nc4ccc(Oc5nc(-c6cnc(C)c(Cl)c6)cs5)cc4F)ncnc3cc2OC)CC1. The second kappa shape index (κ2) is 13.0. The summed E-state index contributed by atoms with van der Waals surface area (Å²) in [6, 6.07) is 9.81. The van der Waals surface area contributed by atoms with Gasteiger partial charge in [0.2, 0.25) is 5.91 Å². The number of aryl methyl sites for hydroxylation is 1. The fraction of sp³-hybridized carbons (Fsp3) is 0.219. The molecule has 0 bridgehead atoms. The molecular formula is C32H28ClFN6O4S. The molecule has 0 spiro atoms. The maximum Gasteiger partial charge on any atom is 0.279 e. The van der Waals surface area contributed by atoms with E-state index in [4.69, 9.17) is 25.8 Å². The first-order valence-electron chi connectivity index (χ1n) is 14.0. The molecule has 1 N–H and O–H groups in total. The Labute approximate surface area is 267 Å². The fourth-order valence-corrected chi connectivity index (χ4v) is 5.75. The molecule has 13 heteroatoms. The molecule has 2 aromatic carbocycles. The number of rotatable bonds is 9. The number of methoxy groups -OCH3 is 1. The van der Waals surface area contributed by atoms with E-state index in [0.29, 0.717) is 70.1 Å². The minimum Gasteiger partial charge on any atom is -0.493 e. The number of aromatic nitrogens is 4. The van der Waals surface area contributed by atoms with Gasteiger partial charge in [0.15, 0.2) is 11.5 Å². The zero-order chi connectivity index (χ0) is 31.5. The van der Waals surface area contributed by atoms with Gasteiger partial charge in [0, 0.05) is 60.6 Å². The molecule has 4 heterocycles. The minimum absolute atomic E-state index is 0.0876. The molecule has 1 amide bonds. The van der Waals surface area contributed by atoms with Crippen molar-refractivity contribution in [3.63, 3.8) is 0 Å². The van der Waals surface area contributed by atoms with Crippen molar-refractivity contribution in [2.24, 2.45) is 0 Å². The number of hydrogen-bond donors (Lipinski definition) is 1. The van der Waals surface area contributed by atoms with Crippen LogP contribution in [0.3, 0.4) is 0 Å². The summed E-state index contributed by atoms with van der Waals surface area (Å²) >= 11 is 7.48. The lowest BCUT2D eigenvalue weighted by atomic mass is 10.1. The number of pyridine rings is 1. The van der Waals surface area contributed by atoms with Gasteiger partial charge < -0.3 is 24.4 Å². The predicted octanol–water partition coefficient (Wildman–Crippen LogP) is 7.35. The number of ether oxygens (including phenoxy) is 3. The zero-order valence-corrected chi connectivity index (χ0v) is 26.0. The van der Waals surface area contributed by atoms with Crippen molar-refractivity contribution in [1.82, 2.24) is 24.8 Å². The van der Waals surface area contributed by atoms with Crippen LogP contribution in [-0.2, 0) is 4.79 Å². The standard InChI is InChI=1S/C32H28ClFN6O4S/c1-4-30(41)40-9-7-20(8-10-40)43-29-13-22-26(14-28(29)42-3)36-17-37-31(22)38-25-6-5-21(12-24(25)34)44-32-39-27(16-45-32)19-11-23(33)18(2)35-15-19/h4-6,11-17,20H,1,7-10H2,2-3H3,(H,36,37,38). The van der Waals surface area contributed by atoms with Gasteiger partial charge in [0.1, 0.15) is 29.8 Å². The van der Waals surface area contributed by atoms with Gasteiger partial charge >= 0.3 is 0 Å². The van der Waals surface area contributed by atoms with Crippen molar-refractivity contribution >= 4 is 51.3 Å². The zero-order valence-electron chi connectivity index (χ0n) is 24.4. The van der Waals surface area contributed by atoms with Crippen molar-refractivity contribution in [1.29, 1.82) is 0 Å². The van der Waals surface area contributed by atoms with Crippen LogP contribution in [-0.4, -0.2) is 57.0 Å². The molecule has 0 unspecified atom stereocenters. The summed E-state index contributed by atoms with van der Waals surface area (Å²) in [5.74, 6) is 1.06. The Morgan fingerprint density at radius 2 is 1.98 bits per heavy atom. The molecule has 3 aromatic heterocycles. The number of carbonyl (C=O) groups is 1. The van der Waals surface area contributed by atoms with Crippen molar-refractivity contribution < 1.29 is 23.4 Å². The highest BCUT2D eigenvalue weighted by atomic mass is 35.5. The van der Waals surface area contributed by atoms with E-state index in [0.717, 1.165) is 11.3 Å². The minimum atomic E-state index is -0.545. The molecule has 230 valence electrons. The molecule has 0 aliphatic carbocycles. The molecule has 1 aliphatic rings. The first-order chi connectivity index (χ1) is 21.8. The Hall–Kier alpha value is -4.81. The topological polar surface area (TPSA) is 112 Å². The number of likely N-dealkylation sites (tertiary alicyclic amines) is 1. The Bertz CT molecular complexity index is 1900. The number of fused-ring (bicyclic) bond motifs is 1. The van der Waals surface area contributed by atoms with Crippen molar-refractivity contribution in [3.8, 4) is 33.7 Å². The smallest absolute Gasteiger partial charge is 0.279 e. The number of amides is 1. The summed E-state index contributed by atoms with van der Waals surface area (Å²) in [4.78, 5) is 31.2. The second-order valence-electron chi connectivity index (χ2n) is 10.2. The summed E-state index contributed by atoms with van der Waals surface area (Å²) in [6.45, 7) is 6.53. The number of thiazole rings is 1. The first-order valence-corrected chi connectivity index (χ1v) is 15.3. The molecule has 45 heavy (non-hydrogen) atoms. The van der Waals surface area contributed by atoms with Gasteiger partial charge in [-0.2, -0.15) is 0 Å². The maximum absolute atomic E-state index is 15.3. The third kappa shape index (κ3) is 6.66. The highest BCUT2D eigenvalue weighted by Crippen LogP contribution is 2.37. The lowest BCUT2D eigenvalue weighted by molar-refractivity contribution is -0.127. The van der Waals surface area contributed by atoms with Gasteiger partial charge in [-0.15, -0.1) is 0 Å².